The molecular formula is C13H14BrFN2O5S. The van der Waals surface area contributed by atoms with Gasteiger partial charge in [-0.25, -0.2) is 12.8 Å². The maximum absolute atomic E-state index is 12.9. The number of hydrazine groups is 1. The third kappa shape index (κ3) is 5.17. The smallest absolute Gasteiger partial charge is 0.276 e. The van der Waals surface area contributed by atoms with E-state index in [1.165, 1.54) is 18.2 Å². The van der Waals surface area contributed by atoms with E-state index in [9.17, 15) is 22.4 Å². The Morgan fingerprint density at radius 1 is 1.35 bits per heavy atom. The number of hydrogen-bond acceptors (Lipinski definition) is 5. The molecule has 2 N–H and O–H groups in total. The normalized spacial score (nSPS) is 19.1. The predicted molar refractivity (Wildman–Crippen MR) is 82.6 cm³/mol. The van der Waals surface area contributed by atoms with Gasteiger partial charge in [-0.2, -0.15) is 0 Å². The summed E-state index contributed by atoms with van der Waals surface area (Å²) in [6, 6.07) is 3.73. The van der Waals surface area contributed by atoms with Crippen molar-refractivity contribution in [2.45, 2.75) is 6.42 Å². The first-order valence-corrected chi connectivity index (χ1v) is 9.25. The maximum atomic E-state index is 12.9. The molecule has 126 valence electrons. The molecule has 1 atom stereocenters. The lowest BCUT2D eigenvalue weighted by Gasteiger charge is -2.12. The van der Waals surface area contributed by atoms with Gasteiger partial charge < -0.3 is 4.74 Å². The molecule has 0 radical (unpaired) electrons. The Kier molecular flexibility index (Phi) is 5.58. The standard InChI is InChI=1S/C13H14BrFN2O5S/c14-10-5-9(15)1-2-11(10)22-6-12(18)16-17-13(19)8-3-4-23(20,21)7-8/h1-2,5,8H,3-4,6-7H2,(H,16,18)(H,17,19)/t8-/m0/s1. The van der Waals surface area contributed by atoms with E-state index in [1.807, 2.05) is 0 Å². The minimum absolute atomic E-state index is 0.0270. The highest BCUT2D eigenvalue weighted by molar-refractivity contribution is 9.10. The molecule has 23 heavy (non-hydrogen) atoms. The van der Waals surface area contributed by atoms with Gasteiger partial charge >= 0.3 is 0 Å². The van der Waals surface area contributed by atoms with Gasteiger partial charge in [0.05, 0.1) is 21.9 Å². The number of hydrogen-bond donors (Lipinski definition) is 2. The maximum Gasteiger partial charge on any atom is 0.276 e. The number of nitrogens with one attached hydrogen (secondary N) is 2. The molecule has 1 fully saturated rings. The van der Waals surface area contributed by atoms with Gasteiger partial charge in [-0.15, -0.1) is 0 Å². The molecule has 0 spiro atoms. The number of carbonyl (C=O) groups is 2. The molecule has 0 aromatic heterocycles. The lowest BCUT2D eigenvalue weighted by atomic mass is 10.1. The molecule has 0 unspecified atom stereocenters. The summed E-state index contributed by atoms with van der Waals surface area (Å²) in [4.78, 5) is 23.3. The molecule has 10 heteroatoms. The van der Waals surface area contributed by atoms with E-state index in [0.29, 0.717) is 4.47 Å². The van der Waals surface area contributed by atoms with E-state index in [0.717, 1.165) is 0 Å². The molecule has 0 aliphatic carbocycles. The highest BCUT2D eigenvalue weighted by atomic mass is 79.9. The number of halogens is 2. The van der Waals surface area contributed by atoms with E-state index in [2.05, 4.69) is 26.8 Å². The molecule has 1 aromatic carbocycles. The molecule has 1 heterocycles. The van der Waals surface area contributed by atoms with Gasteiger partial charge in [0.1, 0.15) is 11.6 Å². The molecule has 0 saturated carbocycles. The zero-order valence-electron chi connectivity index (χ0n) is 11.8. The third-order valence-electron chi connectivity index (χ3n) is 3.18. The molecule has 1 aliphatic heterocycles. The first-order chi connectivity index (χ1) is 10.8. The van der Waals surface area contributed by atoms with Crippen molar-refractivity contribution >= 4 is 37.6 Å². The fourth-order valence-corrected chi connectivity index (χ4v) is 4.21. The van der Waals surface area contributed by atoms with Crippen LogP contribution in [0.3, 0.4) is 0 Å². The average Bonchev–Trinajstić information content (AvgIpc) is 2.84. The summed E-state index contributed by atoms with van der Waals surface area (Å²) in [5.41, 5.74) is 4.31. The topological polar surface area (TPSA) is 102 Å². The van der Waals surface area contributed by atoms with Crippen molar-refractivity contribution in [3.05, 3.63) is 28.5 Å². The van der Waals surface area contributed by atoms with Gasteiger partial charge in [-0.05, 0) is 40.5 Å². The van der Waals surface area contributed by atoms with Gasteiger partial charge in [0.15, 0.2) is 16.4 Å². The number of rotatable bonds is 4. The van der Waals surface area contributed by atoms with Crippen LogP contribution in [0.15, 0.2) is 22.7 Å². The van der Waals surface area contributed by atoms with Crippen molar-refractivity contribution in [3.63, 3.8) is 0 Å². The summed E-state index contributed by atoms with van der Waals surface area (Å²) in [6.07, 6.45) is 0.239. The fourth-order valence-electron chi connectivity index (χ4n) is 2.01. The van der Waals surface area contributed by atoms with E-state index >= 15 is 0 Å². The number of carbonyl (C=O) groups excluding carboxylic acids is 2. The van der Waals surface area contributed by atoms with Crippen LogP contribution in [0, 0.1) is 11.7 Å². The molecule has 1 aliphatic rings. The van der Waals surface area contributed by atoms with E-state index in [1.54, 1.807) is 0 Å². The Morgan fingerprint density at radius 2 is 2.09 bits per heavy atom. The van der Waals surface area contributed by atoms with Crippen LogP contribution in [0.2, 0.25) is 0 Å². The van der Waals surface area contributed by atoms with Gasteiger partial charge in [0, 0.05) is 0 Å². The summed E-state index contributed by atoms with van der Waals surface area (Å²) < 4.78 is 41.0. The van der Waals surface area contributed by atoms with Crippen LogP contribution >= 0.6 is 15.9 Å². The van der Waals surface area contributed by atoms with Crippen molar-refractivity contribution in [1.82, 2.24) is 10.9 Å². The largest absolute Gasteiger partial charge is 0.483 e. The second kappa shape index (κ2) is 7.26. The highest BCUT2D eigenvalue weighted by Crippen LogP contribution is 2.25. The number of ether oxygens (including phenoxy) is 1. The summed E-state index contributed by atoms with van der Waals surface area (Å²) in [7, 11) is -3.17. The molecule has 1 saturated heterocycles. The van der Waals surface area contributed by atoms with Gasteiger partial charge in [-0.3, -0.25) is 20.4 Å². The predicted octanol–water partition coefficient (Wildman–Crippen LogP) is 0.549. The van der Waals surface area contributed by atoms with E-state index in [-0.39, 0.29) is 23.7 Å². The molecule has 2 rings (SSSR count). The second-order valence-corrected chi connectivity index (χ2v) is 8.08. The lowest BCUT2D eigenvalue weighted by molar-refractivity contribution is -0.131. The van der Waals surface area contributed by atoms with Gasteiger partial charge in [0.25, 0.3) is 5.91 Å². The third-order valence-corrected chi connectivity index (χ3v) is 5.57. The minimum atomic E-state index is -3.17. The van der Waals surface area contributed by atoms with Crippen LogP contribution in [0.5, 0.6) is 5.75 Å². The van der Waals surface area contributed by atoms with Gasteiger partial charge in [0.2, 0.25) is 5.91 Å². The van der Waals surface area contributed by atoms with E-state index in [4.69, 9.17) is 4.74 Å². The van der Waals surface area contributed by atoms with Crippen molar-refractivity contribution in [3.8, 4) is 5.75 Å². The minimum Gasteiger partial charge on any atom is -0.483 e. The zero-order valence-corrected chi connectivity index (χ0v) is 14.2. The van der Waals surface area contributed by atoms with Crippen LogP contribution in [-0.2, 0) is 19.4 Å². The van der Waals surface area contributed by atoms with Crippen molar-refractivity contribution in [2.75, 3.05) is 18.1 Å². The second-order valence-electron chi connectivity index (χ2n) is 5.00. The number of sulfone groups is 1. The Morgan fingerprint density at radius 3 is 2.70 bits per heavy atom. The molecule has 0 bridgehead atoms. The Bertz CT molecular complexity index is 725. The first kappa shape index (κ1) is 17.7. The Labute approximate surface area is 140 Å². The highest BCUT2D eigenvalue weighted by Gasteiger charge is 2.33. The summed E-state index contributed by atoms with van der Waals surface area (Å²) >= 11 is 3.09. The number of amides is 2. The summed E-state index contributed by atoms with van der Waals surface area (Å²) in [6.45, 7) is -0.395. The Balaban J connectivity index is 1.76. The monoisotopic (exact) mass is 408 g/mol. The van der Waals surface area contributed by atoms with Crippen LogP contribution in [0.1, 0.15) is 6.42 Å². The van der Waals surface area contributed by atoms with Crippen molar-refractivity contribution < 1.29 is 27.1 Å². The van der Waals surface area contributed by atoms with Crippen LogP contribution in [0.4, 0.5) is 4.39 Å². The number of benzene rings is 1. The van der Waals surface area contributed by atoms with Gasteiger partial charge in [-0.1, -0.05) is 0 Å². The molecule has 2 amide bonds. The van der Waals surface area contributed by atoms with Crippen molar-refractivity contribution in [1.29, 1.82) is 0 Å². The SMILES string of the molecule is O=C(COc1ccc(F)cc1Br)NNC(=O)[C@H]1CCS(=O)(=O)C1. The van der Waals surface area contributed by atoms with Crippen LogP contribution in [-0.4, -0.2) is 38.3 Å². The quantitative estimate of drug-likeness (QED) is 0.708. The Hall–Kier alpha value is -1.68. The first-order valence-electron chi connectivity index (χ1n) is 6.64. The van der Waals surface area contributed by atoms with Crippen molar-refractivity contribution in [2.24, 2.45) is 5.92 Å². The lowest BCUT2D eigenvalue weighted by Crippen LogP contribution is -2.46. The van der Waals surface area contributed by atoms with E-state index < -0.39 is 40.0 Å². The fraction of sp³-hybridized carbons (Fsp3) is 0.385. The average molecular weight is 409 g/mol. The van der Waals surface area contributed by atoms with Crippen LogP contribution in [0.25, 0.3) is 0 Å². The molecule has 7 nitrogen and oxygen atoms in total. The molecule has 1 aromatic rings. The summed E-state index contributed by atoms with van der Waals surface area (Å²) in [5.74, 6) is -2.26. The molecular weight excluding hydrogens is 395 g/mol. The van der Waals surface area contributed by atoms with Crippen LogP contribution < -0.4 is 15.6 Å². The zero-order chi connectivity index (χ0) is 17.0. The summed E-state index contributed by atoms with van der Waals surface area (Å²) in [5, 5.41) is 0.